The van der Waals surface area contributed by atoms with Crippen molar-refractivity contribution in [1.82, 2.24) is 15.1 Å². The van der Waals surface area contributed by atoms with Crippen LogP contribution in [0.15, 0.2) is 48.5 Å². The second kappa shape index (κ2) is 12.7. The number of halogens is 6. The number of alkyl halides is 6. The molecule has 1 unspecified atom stereocenters. The number of rotatable bonds is 10. The van der Waals surface area contributed by atoms with Gasteiger partial charge in [0.1, 0.15) is 5.54 Å². The van der Waals surface area contributed by atoms with Crippen LogP contribution in [-0.2, 0) is 29.1 Å². The minimum atomic E-state index is -4.93. The second-order valence-corrected chi connectivity index (χ2v) is 10.1. The maximum Gasteiger partial charge on any atom is 0.416 e. The maximum atomic E-state index is 13.6. The molecule has 1 aliphatic heterocycles. The van der Waals surface area contributed by atoms with E-state index in [1.54, 1.807) is 6.92 Å². The fourth-order valence-corrected chi connectivity index (χ4v) is 5.13. The molecule has 216 valence electrons. The van der Waals surface area contributed by atoms with Crippen LogP contribution in [0.25, 0.3) is 0 Å². The van der Waals surface area contributed by atoms with E-state index in [0.29, 0.717) is 37.7 Å². The number of benzene rings is 2. The summed E-state index contributed by atoms with van der Waals surface area (Å²) in [6.07, 6.45) is -7.75. The lowest BCUT2D eigenvalue weighted by Gasteiger charge is -2.45. The van der Waals surface area contributed by atoms with Crippen LogP contribution in [0.2, 0.25) is 0 Å². The fraction of sp³-hybridized carbons (Fsp3) is 0.536. The Hall–Kier alpha value is -2.63. The first kappa shape index (κ1) is 30.9. The summed E-state index contributed by atoms with van der Waals surface area (Å²) in [5.41, 5.74) is -3.25. The molecule has 39 heavy (non-hydrogen) atoms. The van der Waals surface area contributed by atoms with E-state index < -0.39 is 29.0 Å². The summed E-state index contributed by atoms with van der Waals surface area (Å²) in [5.74, 6) is -0.371. The van der Waals surface area contributed by atoms with Crippen LogP contribution >= 0.6 is 0 Å². The number of nitrogens with zero attached hydrogens (tertiary/aromatic N) is 2. The van der Waals surface area contributed by atoms with Gasteiger partial charge in [0, 0.05) is 38.8 Å². The number of aliphatic hydroxyl groups is 1. The van der Waals surface area contributed by atoms with Gasteiger partial charge in [-0.05, 0) is 69.0 Å². The van der Waals surface area contributed by atoms with E-state index >= 15 is 0 Å². The molecule has 1 amide bonds. The van der Waals surface area contributed by atoms with Gasteiger partial charge in [0.15, 0.2) is 0 Å². The Bertz CT molecular complexity index is 1050. The zero-order valence-electron chi connectivity index (χ0n) is 22.1. The number of aliphatic hydroxyl groups excluding tert-OH is 1. The molecule has 1 atom stereocenters. The molecule has 1 heterocycles. The van der Waals surface area contributed by atoms with E-state index in [4.69, 9.17) is 5.11 Å². The summed E-state index contributed by atoms with van der Waals surface area (Å²) in [5, 5.41) is 11.9. The first-order valence-corrected chi connectivity index (χ1v) is 12.9. The molecule has 1 saturated heterocycles. The Morgan fingerprint density at radius 2 is 1.54 bits per heavy atom. The molecule has 0 aromatic heterocycles. The van der Waals surface area contributed by atoms with Crippen molar-refractivity contribution in [2.24, 2.45) is 0 Å². The summed E-state index contributed by atoms with van der Waals surface area (Å²) in [7, 11) is 2.01. The van der Waals surface area contributed by atoms with Crippen LogP contribution in [-0.4, -0.2) is 66.7 Å². The fourth-order valence-electron chi connectivity index (χ4n) is 5.13. The number of hydrogen-bond donors (Lipinski definition) is 2. The molecule has 0 bridgehead atoms. The number of hydrogen-bond acceptors (Lipinski definition) is 4. The molecule has 5 nitrogen and oxygen atoms in total. The van der Waals surface area contributed by atoms with Crippen molar-refractivity contribution in [3.8, 4) is 0 Å². The quantitative estimate of drug-likeness (QED) is 0.399. The van der Waals surface area contributed by atoms with Crippen molar-refractivity contribution in [2.75, 3.05) is 39.8 Å². The third-order valence-corrected chi connectivity index (χ3v) is 7.51. The van der Waals surface area contributed by atoms with Crippen LogP contribution in [0, 0.1) is 0 Å². The summed E-state index contributed by atoms with van der Waals surface area (Å²) in [6, 6.07) is 10.9. The molecule has 1 aliphatic rings. The molecule has 2 aromatic carbocycles. The summed E-state index contributed by atoms with van der Waals surface area (Å²) in [6.45, 7) is 3.79. The van der Waals surface area contributed by atoms with Crippen LogP contribution < -0.4 is 5.32 Å². The van der Waals surface area contributed by atoms with E-state index in [1.807, 2.05) is 37.4 Å². The van der Waals surface area contributed by atoms with Crippen LogP contribution in [0.4, 0.5) is 26.3 Å². The van der Waals surface area contributed by atoms with E-state index in [1.165, 1.54) is 0 Å². The van der Waals surface area contributed by atoms with Crippen molar-refractivity contribution < 1.29 is 36.2 Å². The monoisotopic (exact) mass is 559 g/mol. The van der Waals surface area contributed by atoms with Gasteiger partial charge in [-0.25, -0.2) is 0 Å². The van der Waals surface area contributed by atoms with E-state index in [9.17, 15) is 31.1 Å². The highest BCUT2D eigenvalue weighted by atomic mass is 19.4. The van der Waals surface area contributed by atoms with E-state index in [0.717, 1.165) is 24.9 Å². The number of piperidine rings is 1. The average molecular weight is 560 g/mol. The van der Waals surface area contributed by atoms with Gasteiger partial charge in [0.2, 0.25) is 5.91 Å². The molecular weight excluding hydrogens is 524 g/mol. The van der Waals surface area contributed by atoms with Crippen molar-refractivity contribution in [1.29, 1.82) is 0 Å². The minimum Gasteiger partial charge on any atom is -0.396 e. The molecule has 0 radical (unpaired) electrons. The third-order valence-electron chi connectivity index (χ3n) is 7.51. The highest BCUT2D eigenvalue weighted by molar-refractivity contribution is 5.87. The topological polar surface area (TPSA) is 55.8 Å². The van der Waals surface area contributed by atoms with E-state index in [-0.39, 0.29) is 37.1 Å². The third kappa shape index (κ3) is 7.73. The van der Waals surface area contributed by atoms with Gasteiger partial charge >= 0.3 is 12.4 Å². The first-order valence-electron chi connectivity index (χ1n) is 12.9. The van der Waals surface area contributed by atoms with Crippen LogP contribution in [0.5, 0.6) is 0 Å². The van der Waals surface area contributed by atoms with Crippen molar-refractivity contribution in [2.45, 2.75) is 56.5 Å². The Labute approximate surface area is 224 Å². The lowest BCUT2D eigenvalue weighted by Crippen LogP contribution is -2.58. The Balaban J connectivity index is 1.75. The van der Waals surface area contributed by atoms with Gasteiger partial charge in [0.05, 0.1) is 11.1 Å². The summed E-state index contributed by atoms with van der Waals surface area (Å²) in [4.78, 5) is 17.9. The summed E-state index contributed by atoms with van der Waals surface area (Å²) < 4.78 is 79.3. The van der Waals surface area contributed by atoms with Crippen molar-refractivity contribution in [3.63, 3.8) is 0 Å². The number of carbonyl (C=O) groups is 1. The molecule has 0 saturated carbocycles. The van der Waals surface area contributed by atoms with Gasteiger partial charge in [-0.1, -0.05) is 30.3 Å². The zero-order chi connectivity index (χ0) is 28.8. The molecular formula is C28H35F6N3O2. The average Bonchev–Trinajstić information content (AvgIpc) is 2.90. The Morgan fingerprint density at radius 3 is 2.05 bits per heavy atom. The van der Waals surface area contributed by atoms with Crippen LogP contribution in [0.1, 0.15) is 48.4 Å². The van der Waals surface area contributed by atoms with Crippen molar-refractivity contribution >= 4 is 5.91 Å². The number of amides is 1. The maximum absolute atomic E-state index is 13.6. The Morgan fingerprint density at radius 1 is 0.974 bits per heavy atom. The number of likely N-dealkylation sites (tertiary alicyclic amines) is 1. The molecule has 1 fully saturated rings. The molecule has 2 N–H and O–H groups in total. The Kier molecular flexibility index (Phi) is 10.1. The summed E-state index contributed by atoms with van der Waals surface area (Å²) >= 11 is 0. The molecule has 0 aliphatic carbocycles. The van der Waals surface area contributed by atoms with Gasteiger partial charge in [0.25, 0.3) is 0 Å². The molecule has 11 heteroatoms. The highest BCUT2D eigenvalue weighted by Crippen LogP contribution is 2.37. The number of carbonyl (C=O) groups excluding carboxylic acids is 1. The van der Waals surface area contributed by atoms with Crippen molar-refractivity contribution in [3.05, 3.63) is 70.8 Å². The molecule has 0 spiro atoms. The van der Waals surface area contributed by atoms with Gasteiger partial charge in [-0.2, -0.15) is 26.3 Å². The van der Waals surface area contributed by atoms with Gasteiger partial charge < -0.3 is 15.3 Å². The standard InChI is InChI=1S/C28H35F6N3O2/c1-26(21-7-4-3-5-8-21,37-14-10-24(11-15-37)36(2)13-6-16-38)25(39)35-12-9-20-17-22(27(29,30)31)19-23(18-20)28(32,33)34/h3-5,7-8,17-19,24,38H,6,9-16H2,1-2H3,(H,35,39). The zero-order valence-corrected chi connectivity index (χ0v) is 22.1. The minimum absolute atomic E-state index is 0.0966. The van der Waals surface area contributed by atoms with E-state index in [2.05, 4.69) is 15.1 Å². The molecule has 3 rings (SSSR count). The SMILES string of the molecule is CN(CCCO)C1CCN(C(C)(C(=O)NCCc2cc(C(F)(F)F)cc(C(F)(F)F)c2)c2ccccc2)CC1. The molecule has 2 aromatic rings. The second-order valence-electron chi connectivity index (χ2n) is 10.1. The highest BCUT2D eigenvalue weighted by Gasteiger charge is 2.43. The predicted octanol–water partition coefficient (Wildman–Crippen LogP) is 5.08. The lowest BCUT2D eigenvalue weighted by atomic mass is 9.86. The number of nitrogens with one attached hydrogen (secondary N) is 1. The van der Waals surface area contributed by atoms with Gasteiger partial charge in [-0.15, -0.1) is 0 Å². The lowest BCUT2D eigenvalue weighted by molar-refractivity contribution is -0.143. The van der Waals surface area contributed by atoms with Crippen LogP contribution in [0.3, 0.4) is 0 Å². The largest absolute Gasteiger partial charge is 0.416 e. The smallest absolute Gasteiger partial charge is 0.396 e. The first-order chi connectivity index (χ1) is 18.3. The normalized spacial score (nSPS) is 17.3. The van der Waals surface area contributed by atoms with Gasteiger partial charge in [-0.3, -0.25) is 9.69 Å². The predicted molar refractivity (Wildman–Crippen MR) is 136 cm³/mol.